The van der Waals surface area contributed by atoms with Gasteiger partial charge in [0.1, 0.15) is 5.75 Å². The summed E-state index contributed by atoms with van der Waals surface area (Å²) in [6.45, 7) is 4.87. The molecule has 104 valence electrons. The highest BCUT2D eigenvalue weighted by atomic mass is 16.5. The molecule has 19 heavy (non-hydrogen) atoms. The number of amides is 1. The van der Waals surface area contributed by atoms with E-state index < -0.39 is 0 Å². The van der Waals surface area contributed by atoms with Gasteiger partial charge in [0.05, 0.1) is 31.1 Å². The smallest absolute Gasteiger partial charge is 0.239 e. The number of hydrogen-bond acceptors (Lipinski definition) is 5. The standard InChI is InChI=1S/C13H19N3O3/c1-10(13(18)16-4-6-19-7-5-16)14-8-11-2-3-12(17)9-15-11/h2-3,9-10,14,17H,4-8H2,1H3. The summed E-state index contributed by atoms with van der Waals surface area (Å²) in [5, 5.41) is 12.3. The lowest BCUT2D eigenvalue weighted by molar-refractivity contribution is -0.137. The molecule has 0 bridgehead atoms. The van der Waals surface area contributed by atoms with Gasteiger partial charge in [0.15, 0.2) is 0 Å². The van der Waals surface area contributed by atoms with Crippen LogP contribution in [0.3, 0.4) is 0 Å². The molecule has 1 aliphatic heterocycles. The summed E-state index contributed by atoms with van der Waals surface area (Å²) in [5.41, 5.74) is 0.791. The molecule has 2 rings (SSSR count). The number of morpholine rings is 1. The molecule has 0 saturated carbocycles. The van der Waals surface area contributed by atoms with Gasteiger partial charge in [-0.15, -0.1) is 0 Å². The molecule has 6 nitrogen and oxygen atoms in total. The molecule has 1 aromatic rings. The first-order valence-corrected chi connectivity index (χ1v) is 6.40. The molecule has 1 atom stereocenters. The van der Waals surface area contributed by atoms with Gasteiger partial charge in [-0.05, 0) is 19.1 Å². The molecule has 1 unspecified atom stereocenters. The Kier molecular flexibility index (Phi) is 4.70. The van der Waals surface area contributed by atoms with E-state index in [2.05, 4.69) is 10.3 Å². The fraction of sp³-hybridized carbons (Fsp3) is 0.538. The molecular formula is C13H19N3O3. The number of carbonyl (C=O) groups is 1. The van der Waals surface area contributed by atoms with Gasteiger partial charge in [-0.3, -0.25) is 9.78 Å². The SMILES string of the molecule is CC(NCc1ccc(O)cn1)C(=O)N1CCOCC1. The third-order valence-electron chi connectivity index (χ3n) is 3.09. The Morgan fingerprint density at radius 2 is 2.26 bits per heavy atom. The van der Waals surface area contributed by atoms with Crippen LogP contribution in [0.1, 0.15) is 12.6 Å². The van der Waals surface area contributed by atoms with E-state index in [0.717, 1.165) is 5.69 Å². The Balaban J connectivity index is 1.81. The van der Waals surface area contributed by atoms with Crippen molar-refractivity contribution in [1.82, 2.24) is 15.2 Å². The molecule has 0 aliphatic carbocycles. The summed E-state index contributed by atoms with van der Waals surface area (Å²) < 4.78 is 5.22. The number of hydrogen-bond donors (Lipinski definition) is 2. The predicted molar refractivity (Wildman–Crippen MR) is 69.6 cm³/mol. The number of aromatic hydroxyl groups is 1. The summed E-state index contributed by atoms with van der Waals surface area (Å²) in [7, 11) is 0. The number of nitrogens with one attached hydrogen (secondary N) is 1. The molecule has 0 spiro atoms. The van der Waals surface area contributed by atoms with Gasteiger partial charge in [-0.25, -0.2) is 0 Å². The van der Waals surface area contributed by atoms with Crippen molar-refractivity contribution in [3.8, 4) is 5.75 Å². The van der Waals surface area contributed by atoms with E-state index in [1.54, 1.807) is 12.1 Å². The quantitative estimate of drug-likeness (QED) is 0.809. The van der Waals surface area contributed by atoms with Crippen LogP contribution in [-0.2, 0) is 16.1 Å². The highest BCUT2D eigenvalue weighted by molar-refractivity contribution is 5.81. The van der Waals surface area contributed by atoms with Gasteiger partial charge in [-0.1, -0.05) is 0 Å². The summed E-state index contributed by atoms with van der Waals surface area (Å²) in [6.07, 6.45) is 1.39. The number of carbonyl (C=O) groups excluding carboxylic acids is 1. The first-order valence-electron chi connectivity index (χ1n) is 6.40. The van der Waals surface area contributed by atoms with E-state index in [1.165, 1.54) is 6.20 Å². The molecule has 0 aromatic carbocycles. The van der Waals surface area contributed by atoms with Crippen LogP contribution < -0.4 is 5.32 Å². The van der Waals surface area contributed by atoms with Gasteiger partial charge < -0.3 is 20.1 Å². The topological polar surface area (TPSA) is 74.7 Å². The molecular weight excluding hydrogens is 246 g/mol. The van der Waals surface area contributed by atoms with Gasteiger partial charge in [-0.2, -0.15) is 0 Å². The first kappa shape index (κ1) is 13.8. The second-order valence-corrected chi connectivity index (χ2v) is 4.55. The second-order valence-electron chi connectivity index (χ2n) is 4.55. The molecule has 1 aromatic heterocycles. The Hall–Kier alpha value is -1.66. The van der Waals surface area contributed by atoms with E-state index in [1.807, 2.05) is 11.8 Å². The van der Waals surface area contributed by atoms with Crippen LogP contribution >= 0.6 is 0 Å². The highest BCUT2D eigenvalue weighted by Crippen LogP contribution is 2.06. The molecule has 1 saturated heterocycles. The Bertz CT molecular complexity index is 416. The first-order chi connectivity index (χ1) is 9.16. The number of pyridine rings is 1. The third kappa shape index (κ3) is 3.90. The number of rotatable bonds is 4. The van der Waals surface area contributed by atoms with Crippen molar-refractivity contribution in [3.63, 3.8) is 0 Å². The lowest BCUT2D eigenvalue weighted by atomic mass is 10.2. The average Bonchev–Trinajstić information content (AvgIpc) is 2.46. The normalized spacial score (nSPS) is 17.2. The van der Waals surface area contributed by atoms with E-state index in [0.29, 0.717) is 32.8 Å². The van der Waals surface area contributed by atoms with Crippen molar-refractivity contribution in [2.45, 2.75) is 19.5 Å². The fourth-order valence-corrected chi connectivity index (χ4v) is 1.92. The maximum Gasteiger partial charge on any atom is 0.239 e. The van der Waals surface area contributed by atoms with Crippen LogP contribution in [0.4, 0.5) is 0 Å². The van der Waals surface area contributed by atoms with Crippen LogP contribution in [0.25, 0.3) is 0 Å². The zero-order valence-electron chi connectivity index (χ0n) is 11.0. The minimum Gasteiger partial charge on any atom is -0.506 e. The van der Waals surface area contributed by atoms with E-state index in [4.69, 9.17) is 9.84 Å². The Labute approximate surface area is 112 Å². The molecule has 1 amide bonds. The van der Waals surface area contributed by atoms with Crippen LogP contribution in [0.5, 0.6) is 5.75 Å². The summed E-state index contributed by atoms with van der Waals surface area (Å²) in [4.78, 5) is 18.0. The van der Waals surface area contributed by atoms with Crippen LogP contribution in [-0.4, -0.2) is 53.2 Å². The fourth-order valence-electron chi connectivity index (χ4n) is 1.92. The lowest BCUT2D eigenvalue weighted by Gasteiger charge is -2.29. The van der Waals surface area contributed by atoms with Gasteiger partial charge in [0.2, 0.25) is 5.91 Å². The summed E-state index contributed by atoms with van der Waals surface area (Å²) in [6, 6.07) is 3.06. The highest BCUT2D eigenvalue weighted by Gasteiger charge is 2.21. The van der Waals surface area contributed by atoms with Gasteiger partial charge in [0.25, 0.3) is 0 Å². The third-order valence-corrected chi connectivity index (χ3v) is 3.09. The number of aromatic nitrogens is 1. The molecule has 2 heterocycles. The monoisotopic (exact) mass is 265 g/mol. The Morgan fingerprint density at radius 3 is 2.89 bits per heavy atom. The molecule has 6 heteroatoms. The second kappa shape index (κ2) is 6.49. The minimum atomic E-state index is -0.256. The van der Waals surface area contributed by atoms with Gasteiger partial charge in [0, 0.05) is 19.6 Å². The van der Waals surface area contributed by atoms with Gasteiger partial charge >= 0.3 is 0 Å². The van der Waals surface area contributed by atoms with Crippen LogP contribution in [0.15, 0.2) is 18.3 Å². The largest absolute Gasteiger partial charge is 0.506 e. The summed E-state index contributed by atoms with van der Waals surface area (Å²) >= 11 is 0. The van der Waals surface area contributed by atoms with Crippen LogP contribution in [0, 0.1) is 0 Å². The van der Waals surface area contributed by atoms with Crippen LogP contribution in [0.2, 0.25) is 0 Å². The zero-order valence-corrected chi connectivity index (χ0v) is 11.0. The van der Waals surface area contributed by atoms with Crippen molar-refractivity contribution >= 4 is 5.91 Å². The molecule has 1 fully saturated rings. The lowest BCUT2D eigenvalue weighted by Crippen LogP contribution is -2.49. The van der Waals surface area contributed by atoms with E-state index >= 15 is 0 Å². The molecule has 2 N–H and O–H groups in total. The van der Waals surface area contributed by atoms with Crippen molar-refractivity contribution in [1.29, 1.82) is 0 Å². The maximum atomic E-state index is 12.1. The zero-order chi connectivity index (χ0) is 13.7. The van der Waals surface area contributed by atoms with Crippen molar-refractivity contribution < 1.29 is 14.6 Å². The molecule has 0 radical (unpaired) electrons. The maximum absolute atomic E-state index is 12.1. The number of nitrogens with zero attached hydrogens (tertiary/aromatic N) is 2. The minimum absolute atomic E-state index is 0.0853. The Morgan fingerprint density at radius 1 is 1.53 bits per heavy atom. The molecule has 1 aliphatic rings. The van der Waals surface area contributed by atoms with E-state index in [-0.39, 0.29) is 17.7 Å². The van der Waals surface area contributed by atoms with Crippen molar-refractivity contribution in [3.05, 3.63) is 24.0 Å². The number of ether oxygens (including phenoxy) is 1. The average molecular weight is 265 g/mol. The van der Waals surface area contributed by atoms with Crippen molar-refractivity contribution in [2.24, 2.45) is 0 Å². The van der Waals surface area contributed by atoms with E-state index in [9.17, 15) is 4.79 Å². The summed E-state index contributed by atoms with van der Waals surface area (Å²) in [5.74, 6) is 0.225. The predicted octanol–water partition coefficient (Wildman–Crippen LogP) is 0.124. The van der Waals surface area contributed by atoms with Crippen molar-refractivity contribution in [2.75, 3.05) is 26.3 Å².